The Labute approximate surface area is 116 Å². The van der Waals surface area contributed by atoms with Gasteiger partial charge in [-0.25, -0.2) is 4.79 Å². The van der Waals surface area contributed by atoms with Crippen LogP contribution in [0.25, 0.3) is 11.0 Å². The standard InChI is InChI=1S/C14H18N4O2/c19-13(6-9-2-1-5-15-8-9)16-10-3-4-11-12(7-10)18-14(20)17-11/h3-4,7,9,15H,1-2,5-6,8H2,(H,16,19)(H2,17,18,20). The molecule has 1 aromatic heterocycles. The minimum absolute atomic E-state index is 0.0240. The number of amides is 1. The molecule has 1 amide bonds. The van der Waals surface area contributed by atoms with Crippen LogP contribution in [0.5, 0.6) is 0 Å². The van der Waals surface area contributed by atoms with Crippen LogP contribution in [0.2, 0.25) is 0 Å². The van der Waals surface area contributed by atoms with Gasteiger partial charge in [0.1, 0.15) is 0 Å². The van der Waals surface area contributed by atoms with Gasteiger partial charge in [-0.05, 0) is 50.0 Å². The minimum Gasteiger partial charge on any atom is -0.326 e. The number of benzene rings is 1. The second-order valence-corrected chi connectivity index (χ2v) is 5.30. The van der Waals surface area contributed by atoms with Crippen LogP contribution in [0.4, 0.5) is 5.69 Å². The van der Waals surface area contributed by atoms with E-state index in [9.17, 15) is 9.59 Å². The molecule has 20 heavy (non-hydrogen) atoms. The highest BCUT2D eigenvalue weighted by atomic mass is 16.1. The van der Waals surface area contributed by atoms with E-state index in [4.69, 9.17) is 0 Å². The zero-order chi connectivity index (χ0) is 13.9. The lowest BCUT2D eigenvalue weighted by molar-refractivity contribution is -0.117. The number of H-pyrrole nitrogens is 2. The molecule has 6 heteroatoms. The number of aromatic nitrogens is 2. The van der Waals surface area contributed by atoms with Crippen LogP contribution >= 0.6 is 0 Å². The molecule has 1 aliphatic rings. The third-order valence-corrected chi connectivity index (χ3v) is 3.67. The van der Waals surface area contributed by atoms with Crippen molar-refractivity contribution in [3.63, 3.8) is 0 Å². The van der Waals surface area contributed by atoms with E-state index in [1.54, 1.807) is 18.2 Å². The molecule has 2 aromatic rings. The second-order valence-electron chi connectivity index (χ2n) is 5.30. The molecule has 1 atom stereocenters. The summed E-state index contributed by atoms with van der Waals surface area (Å²) >= 11 is 0. The average Bonchev–Trinajstić information content (AvgIpc) is 2.79. The summed E-state index contributed by atoms with van der Waals surface area (Å²) in [4.78, 5) is 28.5. The number of piperidine rings is 1. The van der Waals surface area contributed by atoms with Crippen molar-refractivity contribution in [2.75, 3.05) is 18.4 Å². The first-order valence-electron chi connectivity index (χ1n) is 6.93. The maximum absolute atomic E-state index is 12.0. The lowest BCUT2D eigenvalue weighted by atomic mass is 9.96. The van der Waals surface area contributed by atoms with E-state index in [2.05, 4.69) is 20.6 Å². The smallest absolute Gasteiger partial charge is 0.323 e. The van der Waals surface area contributed by atoms with E-state index in [0.717, 1.165) is 31.4 Å². The first kappa shape index (κ1) is 12.9. The number of hydrogen-bond acceptors (Lipinski definition) is 3. The molecular formula is C14H18N4O2. The monoisotopic (exact) mass is 274 g/mol. The van der Waals surface area contributed by atoms with Crippen molar-refractivity contribution < 1.29 is 4.79 Å². The second kappa shape index (κ2) is 5.50. The Morgan fingerprint density at radius 3 is 2.95 bits per heavy atom. The molecule has 0 spiro atoms. The highest BCUT2D eigenvalue weighted by Crippen LogP contribution is 2.17. The predicted octanol–water partition coefficient (Wildman–Crippen LogP) is 1.18. The molecule has 1 aromatic carbocycles. The highest BCUT2D eigenvalue weighted by Gasteiger charge is 2.16. The SMILES string of the molecule is O=C(CC1CCCNC1)Nc1ccc2[nH]c(=O)[nH]c2c1. The quantitative estimate of drug-likeness (QED) is 0.677. The highest BCUT2D eigenvalue weighted by molar-refractivity contribution is 5.93. The maximum Gasteiger partial charge on any atom is 0.323 e. The van der Waals surface area contributed by atoms with Crippen LogP contribution in [0, 0.1) is 5.92 Å². The van der Waals surface area contributed by atoms with Crippen molar-refractivity contribution in [2.45, 2.75) is 19.3 Å². The minimum atomic E-state index is -0.239. The van der Waals surface area contributed by atoms with Crippen LogP contribution in [0.1, 0.15) is 19.3 Å². The Balaban J connectivity index is 1.65. The first-order valence-corrected chi connectivity index (χ1v) is 6.93. The van der Waals surface area contributed by atoms with Gasteiger partial charge in [-0.2, -0.15) is 0 Å². The molecule has 1 aliphatic heterocycles. The van der Waals surface area contributed by atoms with Gasteiger partial charge in [0.25, 0.3) is 0 Å². The summed E-state index contributed by atoms with van der Waals surface area (Å²) in [5.74, 6) is 0.440. The fourth-order valence-corrected chi connectivity index (χ4v) is 2.68. The zero-order valence-electron chi connectivity index (χ0n) is 11.2. The molecule has 1 saturated heterocycles. The van der Waals surface area contributed by atoms with Crippen molar-refractivity contribution in [1.82, 2.24) is 15.3 Å². The number of aromatic amines is 2. The van der Waals surface area contributed by atoms with E-state index in [0.29, 0.717) is 23.5 Å². The van der Waals surface area contributed by atoms with Crippen molar-refractivity contribution in [3.05, 3.63) is 28.7 Å². The van der Waals surface area contributed by atoms with E-state index in [1.807, 2.05) is 0 Å². The van der Waals surface area contributed by atoms with Crippen molar-refractivity contribution in [1.29, 1.82) is 0 Å². The third kappa shape index (κ3) is 2.91. The summed E-state index contributed by atoms with van der Waals surface area (Å²) in [5.41, 5.74) is 1.91. The number of imidazole rings is 1. The van der Waals surface area contributed by atoms with Crippen molar-refractivity contribution in [3.8, 4) is 0 Å². The Morgan fingerprint density at radius 1 is 1.30 bits per heavy atom. The molecule has 0 saturated carbocycles. The van der Waals surface area contributed by atoms with Gasteiger partial charge in [-0.3, -0.25) is 4.79 Å². The topological polar surface area (TPSA) is 89.8 Å². The largest absolute Gasteiger partial charge is 0.326 e. The molecule has 0 aliphatic carbocycles. The summed E-state index contributed by atoms with van der Waals surface area (Å²) in [6.07, 6.45) is 2.77. The van der Waals surface area contributed by atoms with E-state index in [-0.39, 0.29) is 11.6 Å². The lowest BCUT2D eigenvalue weighted by Crippen LogP contribution is -2.32. The molecule has 2 heterocycles. The summed E-state index contributed by atoms with van der Waals surface area (Å²) in [5, 5.41) is 6.20. The fraction of sp³-hybridized carbons (Fsp3) is 0.429. The predicted molar refractivity (Wildman–Crippen MR) is 77.8 cm³/mol. The molecule has 6 nitrogen and oxygen atoms in total. The number of fused-ring (bicyclic) bond motifs is 1. The maximum atomic E-state index is 12.0. The van der Waals surface area contributed by atoms with Crippen LogP contribution in [0.3, 0.4) is 0 Å². The van der Waals surface area contributed by atoms with Crippen molar-refractivity contribution in [2.24, 2.45) is 5.92 Å². The molecule has 4 N–H and O–H groups in total. The van der Waals surface area contributed by atoms with Gasteiger partial charge in [0.2, 0.25) is 5.91 Å². The summed E-state index contributed by atoms with van der Waals surface area (Å²) in [7, 11) is 0. The summed E-state index contributed by atoms with van der Waals surface area (Å²) < 4.78 is 0. The molecular weight excluding hydrogens is 256 g/mol. The molecule has 1 fully saturated rings. The fourth-order valence-electron chi connectivity index (χ4n) is 2.68. The third-order valence-electron chi connectivity index (χ3n) is 3.67. The molecule has 0 bridgehead atoms. The zero-order valence-corrected chi connectivity index (χ0v) is 11.2. The average molecular weight is 274 g/mol. The van der Waals surface area contributed by atoms with Crippen molar-refractivity contribution >= 4 is 22.6 Å². The first-order chi connectivity index (χ1) is 9.70. The van der Waals surface area contributed by atoms with Crippen LogP contribution in [0.15, 0.2) is 23.0 Å². The van der Waals surface area contributed by atoms with Gasteiger partial charge >= 0.3 is 5.69 Å². The number of nitrogens with one attached hydrogen (secondary N) is 4. The van der Waals surface area contributed by atoms with Gasteiger partial charge in [0.05, 0.1) is 11.0 Å². The number of anilines is 1. The van der Waals surface area contributed by atoms with E-state index < -0.39 is 0 Å². The van der Waals surface area contributed by atoms with E-state index in [1.165, 1.54) is 0 Å². The number of hydrogen-bond donors (Lipinski definition) is 4. The van der Waals surface area contributed by atoms with Crippen LogP contribution < -0.4 is 16.3 Å². The molecule has 3 rings (SSSR count). The van der Waals surface area contributed by atoms with Gasteiger partial charge in [0.15, 0.2) is 0 Å². The summed E-state index contributed by atoms with van der Waals surface area (Å²) in [6, 6.07) is 5.35. The summed E-state index contributed by atoms with van der Waals surface area (Å²) in [6.45, 7) is 1.97. The normalized spacial score (nSPS) is 19.1. The number of rotatable bonds is 3. The Morgan fingerprint density at radius 2 is 2.15 bits per heavy atom. The van der Waals surface area contributed by atoms with Gasteiger partial charge < -0.3 is 20.6 Å². The van der Waals surface area contributed by atoms with Gasteiger partial charge in [-0.15, -0.1) is 0 Å². The van der Waals surface area contributed by atoms with Gasteiger partial charge in [0, 0.05) is 12.1 Å². The molecule has 0 radical (unpaired) electrons. The molecule has 1 unspecified atom stereocenters. The lowest BCUT2D eigenvalue weighted by Gasteiger charge is -2.22. The number of carbonyl (C=O) groups is 1. The molecule has 106 valence electrons. The van der Waals surface area contributed by atoms with Crippen LogP contribution in [-0.4, -0.2) is 29.0 Å². The Kier molecular flexibility index (Phi) is 3.56. The Hall–Kier alpha value is -2.08. The van der Waals surface area contributed by atoms with Crippen LogP contribution in [-0.2, 0) is 4.79 Å². The van der Waals surface area contributed by atoms with E-state index >= 15 is 0 Å². The Bertz CT molecular complexity index is 667. The van der Waals surface area contributed by atoms with Gasteiger partial charge in [-0.1, -0.05) is 0 Å². The number of carbonyl (C=O) groups excluding carboxylic acids is 1.